The van der Waals surface area contributed by atoms with Crippen molar-refractivity contribution in [2.24, 2.45) is 5.10 Å². The lowest BCUT2D eigenvalue weighted by molar-refractivity contribution is 0.628. The number of aromatic nitrogens is 4. The van der Waals surface area contributed by atoms with E-state index in [1.807, 2.05) is 36.5 Å². The first-order valence-electron chi connectivity index (χ1n) is 7.91. The Morgan fingerprint density at radius 1 is 1.04 bits per heavy atom. The van der Waals surface area contributed by atoms with Gasteiger partial charge in [0.25, 0.3) is 0 Å². The van der Waals surface area contributed by atoms with Gasteiger partial charge in [-0.15, -0.1) is 0 Å². The summed E-state index contributed by atoms with van der Waals surface area (Å²) in [4.78, 5) is 3.14. The van der Waals surface area contributed by atoms with E-state index in [1.54, 1.807) is 29.2 Å². The van der Waals surface area contributed by atoms with Crippen LogP contribution in [0.2, 0.25) is 0 Å². The van der Waals surface area contributed by atoms with E-state index >= 15 is 0 Å². The van der Waals surface area contributed by atoms with Gasteiger partial charge in [0.1, 0.15) is 5.82 Å². The van der Waals surface area contributed by atoms with Gasteiger partial charge in [0.2, 0.25) is 0 Å². The molecule has 0 spiro atoms. The predicted octanol–water partition coefficient (Wildman–Crippen LogP) is 4.62. The molecule has 26 heavy (non-hydrogen) atoms. The van der Waals surface area contributed by atoms with E-state index in [0.717, 1.165) is 28.1 Å². The van der Waals surface area contributed by atoms with Crippen molar-refractivity contribution in [1.29, 1.82) is 0 Å². The molecule has 0 radical (unpaired) electrons. The first-order valence-corrected chi connectivity index (χ1v) is 8.32. The Hall–Kier alpha value is -3.32. The summed E-state index contributed by atoms with van der Waals surface area (Å²) in [6.07, 6.45) is 5.17. The molecule has 0 aliphatic carbocycles. The van der Waals surface area contributed by atoms with Crippen LogP contribution >= 0.6 is 12.2 Å². The summed E-state index contributed by atoms with van der Waals surface area (Å²) in [5.74, 6) is -0.282. The Morgan fingerprint density at radius 3 is 2.58 bits per heavy atom. The van der Waals surface area contributed by atoms with E-state index in [1.165, 1.54) is 12.1 Å². The monoisotopic (exact) mass is 363 g/mol. The number of imidazole rings is 1. The van der Waals surface area contributed by atoms with E-state index in [2.05, 4.69) is 20.3 Å². The van der Waals surface area contributed by atoms with Crippen LogP contribution in [0.1, 0.15) is 5.56 Å². The van der Waals surface area contributed by atoms with Gasteiger partial charge in [-0.3, -0.25) is 5.10 Å². The zero-order valence-electron chi connectivity index (χ0n) is 13.6. The quantitative estimate of drug-likeness (QED) is 0.410. The van der Waals surface area contributed by atoms with Crippen molar-refractivity contribution in [1.82, 2.24) is 19.9 Å². The largest absolute Gasteiger partial charge is 0.329 e. The average Bonchev–Trinajstić information content (AvgIpc) is 3.28. The number of nitrogens with zero attached hydrogens (tertiary/aromatic N) is 3. The van der Waals surface area contributed by atoms with Crippen LogP contribution in [0.25, 0.3) is 22.5 Å². The molecule has 2 heterocycles. The van der Waals surface area contributed by atoms with E-state index < -0.39 is 0 Å². The van der Waals surface area contributed by atoms with Crippen molar-refractivity contribution >= 4 is 18.4 Å². The lowest BCUT2D eigenvalue weighted by atomic mass is 10.1. The van der Waals surface area contributed by atoms with E-state index in [0.29, 0.717) is 4.77 Å². The third kappa shape index (κ3) is 3.25. The zero-order chi connectivity index (χ0) is 17.9. The Bertz CT molecular complexity index is 1110. The van der Waals surface area contributed by atoms with Gasteiger partial charge < -0.3 is 4.98 Å². The van der Waals surface area contributed by atoms with Crippen LogP contribution in [0.5, 0.6) is 0 Å². The van der Waals surface area contributed by atoms with Gasteiger partial charge in [-0.05, 0) is 42.0 Å². The first kappa shape index (κ1) is 16.2. The molecular weight excluding hydrogens is 349 g/mol. The smallest absolute Gasteiger partial charge is 0.198 e. The molecule has 5 nitrogen and oxygen atoms in total. The maximum absolute atomic E-state index is 13.1. The van der Waals surface area contributed by atoms with E-state index in [4.69, 9.17) is 12.2 Å². The number of aromatic amines is 2. The Morgan fingerprint density at radius 2 is 1.81 bits per heavy atom. The molecule has 7 heteroatoms. The fourth-order valence-corrected chi connectivity index (χ4v) is 2.81. The highest BCUT2D eigenvalue weighted by atomic mass is 32.1. The van der Waals surface area contributed by atoms with Gasteiger partial charge in [-0.1, -0.05) is 30.3 Å². The summed E-state index contributed by atoms with van der Waals surface area (Å²) >= 11 is 5.34. The molecule has 0 saturated carbocycles. The van der Waals surface area contributed by atoms with Crippen LogP contribution in [-0.4, -0.2) is 26.1 Å². The number of rotatable bonds is 4. The molecule has 4 rings (SSSR count). The number of hydrogen-bond donors (Lipinski definition) is 2. The minimum Gasteiger partial charge on any atom is -0.329 e. The number of benzene rings is 2. The predicted molar refractivity (Wildman–Crippen MR) is 102 cm³/mol. The molecule has 2 aromatic heterocycles. The van der Waals surface area contributed by atoms with Crippen LogP contribution < -0.4 is 0 Å². The molecule has 2 N–H and O–H groups in total. The molecule has 0 amide bonds. The second-order valence-electron chi connectivity index (χ2n) is 5.64. The SMILES string of the molecule is Fc1ccc(-c2[nH]ncc2/C=N/n2cc(-c3ccccc3)[nH]c2=S)cc1. The fraction of sp³-hybridized carbons (Fsp3) is 0. The summed E-state index contributed by atoms with van der Waals surface area (Å²) in [6, 6.07) is 16.1. The molecule has 0 aliphatic heterocycles. The van der Waals surface area contributed by atoms with Crippen LogP contribution in [-0.2, 0) is 0 Å². The van der Waals surface area contributed by atoms with Crippen molar-refractivity contribution in [3.8, 4) is 22.5 Å². The van der Waals surface area contributed by atoms with Crippen molar-refractivity contribution in [3.05, 3.63) is 83.1 Å². The fourth-order valence-electron chi connectivity index (χ4n) is 2.60. The van der Waals surface area contributed by atoms with Gasteiger partial charge in [-0.2, -0.15) is 10.2 Å². The van der Waals surface area contributed by atoms with Crippen LogP contribution in [0, 0.1) is 10.6 Å². The second kappa shape index (κ2) is 6.89. The summed E-state index contributed by atoms with van der Waals surface area (Å²) in [5, 5.41) is 11.4. The summed E-state index contributed by atoms with van der Waals surface area (Å²) < 4.78 is 15.2. The number of halogens is 1. The molecule has 0 unspecified atom stereocenters. The molecule has 0 fully saturated rings. The normalized spacial score (nSPS) is 11.3. The minimum atomic E-state index is -0.282. The van der Waals surface area contributed by atoms with Gasteiger partial charge in [-0.25, -0.2) is 9.07 Å². The number of nitrogens with one attached hydrogen (secondary N) is 2. The topological polar surface area (TPSA) is 61.8 Å². The summed E-state index contributed by atoms with van der Waals surface area (Å²) in [5.41, 5.74) is 4.29. The van der Waals surface area contributed by atoms with Gasteiger partial charge in [0.15, 0.2) is 4.77 Å². The molecule has 0 atom stereocenters. The maximum Gasteiger partial charge on any atom is 0.198 e. The maximum atomic E-state index is 13.1. The summed E-state index contributed by atoms with van der Waals surface area (Å²) in [6.45, 7) is 0. The van der Waals surface area contributed by atoms with Crippen LogP contribution in [0.15, 0.2) is 72.1 Å². The molecule has 0 saturated heterocycles. The number of hydrogen-bond acceptors (Lipinski definition) is 3. The zero-order valence-corrected chi connectivity index (χ0v) is 14.4. The lowest BCUT2D eigenvalue weighted by Crippen LogP contribution is -1.90. The molecule has 128 valence electrons. The van der Waals surface area contributed by atoms with Crippen molar-refractivity contribution in [3.63, 3.8) is 0 Å². The number of H-pyrrole nitrogens is 2. The Kier molecular flexibility index (Phi) is 4.28. The Balaban J connectivity index is 1.64. The van der Waals surface area contributed by atoms with Gasteiger partial charge in [0.05, 0.1) is 30.0 Å². The lowest BCUT2D eigenvalue weighted by Gasteiger charge is -1.99. The van der Waals surface area contributed by atoms with Crippen molar-refractivity contribution in [2.75, 3.05) is 0 Å². The molecular formula is C19H14FN5S. The second-order valence-corrected chi connectivity index (χ2v) is 6.02. The van der Waals surface area contributed by atoms with Crippen molar-refractivity contribution < 1.29 is 4.39 Å². The third-order valence-corrected chi connectivity index (χ3v) is 4.20. The van der Waals surface area contributed by atoms with Crippen LogP contribution in [0.3, 0.4) is 0 Å². The molecule has 0 bridgehead atoms. The van der Waals surface area contributed by atoms with E-state index in [-0.39, 0.29) is 5.82 Å². The highest BCUT2D eigenvalue weighted by molar-refractivity contribution is 7.71. The highest BCUT2D eigenvalue weighted by Gasteiger charge is 2.07. The highest BCUT2D eigenvalue weighted by Crippen LogP contribution is 2.20. The average molecular weight is 363 g/mol. The third-order valence-electron chi connectivity index (χ3n) is 3.91. The summed E-state index contributed by atoms with van der Waals surface area (Å²) in [7, 11) is 0. The van der Waals surface area contributed by atoms with E-state index in [9.17, 15) is 4.39 Å². The van der Waals surface area contributed by atoms with Gasteiger partial charge >= 0.3 is 0 Å². The van der Waals surface area contributed by atoms with Crippen molar-refractivity contribution in [2.45, 2.75) is 0 Å². The standard InChI is InChI=1S/C19H14FN5S/c20-16-8-6-14(7-9-16)18-15(10-21-24-18)11-22-25-12-17(23-19(25)26)13-4-2-1-3-5-13/h1-12H,(H,21,24)(H,23,26)/b22-11+. The van der Waals surface area contributed by atoms with Gasteiger partial charge in [0, 0.05) is 11.1 Å². The molecule has 0 aliphatic rings. The molecule has 4 aromatic rings. The molecule has 2 aromatic carbocycles. The van der Waals surface area contributed by atoms with Crippen LogP contribution in [0.4, 0.5) is 4.39 Å². The minimum absolute atomic E-state index is 0.282. The Labute approximate surface area is 153 Å². The first-order chi connectivity index (χ1) is 12.7.